The molecule has 1 aromatic heterocycles. The number of ether oxygens (including phenoxy) is 2. The maximum atomic E-state index is 15.3. The first-order chi connectivity index (χ1) is 17.4. The molecule has 1 fully saturated rings. The molecule has 36 heavy (non-hydrogen) atoms. The van der Waals surface area contributed by atoms with E-state index in [9.17, 15) is 5.11 Å². The van der Waals surface area contributed by atoms with Crippen LogP contribution in [0.3, 0.4) is 0 Å². The molecular formula is C29H32F2N2O3. The average molecular weight is 495 g/mol. The van der Waals surface area contributed by atoms with Crippen LogP contribution in [0.25, 0.3) is 0 Å². The van der Waals surface area contributed by atoms with Gasteiger partial charge in [0.1, 0.15) is 11.6 Å². The van der Waals surface area contributed by atoms with Crippen LogP contribution in [-0.2, 0) is 15.4 Å². The van der Waals surface area contributed by atoms with E-state index < -0.39 is 11.8 Å². The number of nitrogens with zero attached hydrogens (tertiary/aromatic N) is 2. The topological polar surface area (TPSA) is 54.8 Å². The minimum absolute atomic E-state index is 0.100. The van der Waals surface area contributed by atoms with Gasteiger partial charge in [0, 0.05) is 63.2 Å². The van der Waals surface area contributed by atoms with Gasteiger partial charge in [-0.3, -0.25) is 0 Å². The predicted molar refractivity (Wildman–Crippen MR) is 135 cm³/mol. The monoisotopic (exact) mass is 494 g/mol. The van der Waals surface area contributed by atoms with Crippen molar-refractivity contribution in [3.05, 3.63) is 89.1 Å². The third-order valence-corrected chi connectivity index (χ3v) is 7.72. The number of benzene rings is 2. The fourth-order valence-electron chi connectivity index (χ4n) is 5.93. The highest BCUT2D eigenvalue weighted by Crippen LogP contribution is 2.54. The number of hydrogen-bond donors (Lipinski definition) is 1. The van der Waals surface area contributed by atoms with Crippen molar-refractivity contribution in [3.63, 3.8) is 0 Å². The van der Waals surface area contributed by atoms with Crippen molar-refractivity contribution in [2.75, 3.05) is 32.2 Å². The van der Waals surface area contributed by atoms with Gasteiger partial charge in [0.25, 0.3) is 5.92 Å². The Morgan fingerprint density at radius 3 is 2.33 bits per heavy atom. The van der Waals surface area contributed by atoms with Crippen molar-refractivity contribution in [2.45, 2.75) is 43.3 Å². The summed E-state index contributed by atoms with van der Waals surface area (Å²) >= 11 is 0. The Balaban J connectivity index is 1.45. The van der Waals surface area contributed by atoms with Crippen LogP contribution in [0, 0.1) is 5.92 Å². The number of hydrogen-bond acceptors (Lipinski definition) is 5. The van der Waals surface area contributed by atoms with E-state index in [-0.39, 0.29) is 29.9 Å². The van der Waals surface area contributed by atoms with E-state index in [1.165, 1.54) is 12.1 Å². The van der Waals surface area contributed by atoms with Crippen molar-refractivity contribution in [1.82, 2.24) is 4.98 Å². The maximum Gasteiger partial charge on any atom is 0.274 e. The van der Waals surface area contributed by atoms with Gasteiger partial charge in [-0.25, -0.2) is 13.8 Å². The lowest BCUT2D eigenvalue weighted by atomic mass is 9.68. The van der Waals surface area contributed by atoms with Crippen molar-refractivity contribution in [3.8, 4) is 5.75 Å². The van der Waals surface area contributed by atoms with Crippen molar-refractivity contribution < 1.29 is 23.4 Å². The average Bonchev–Trinajstić information content (AvgIpc) is 2.90. The SMILES string of the molecule is COC(OC)C1CCN(c2ccc([C@H]3c4ccc(O)cc4C(F)(F)C[C@H]3c3ccccc3)cn2)CC1. The quantitative estimate of drug-likeness (QED) is 0.424. The van der Waals surface area contributed by atoms with Crippen molar-refractivity contribution in [1.29, 1.82) is 0 Å². The second-order valence-electron chi connectivity index (χ2n) is 9.79. The Kier molecular flexibility index (Phi) is 6.95. The molecule has 1 aliphatic heterocycles. The van der Waals surface area contributed by atoms with E-state index >= 15 is 8.78 Å². The molecule has 0 amide bonds. The standard InChI is InChI=1S/C29H32F2N2O3/c1-35-28(36-2)20-12-14-33(15-13-20)26-11-8-21(18-32-26)27-23-10-9-22(34)16-25(23)29(30,31)17-24(27)19-6-4-3-5-7-19/h3-11,16,18,20,24,27-28,34H,12-15,17H2,1-2H3/t24-,27-/m0/s1. The lowest BCUT2D eigenvalue weighted by Gasteiger charge is -2.39. The third kappa shape index (κ3) is 4.70. The van der Waals surface area contributed by atoms with Crippen LogP contribution in [0.15, 0.2) is 66.9 Å². The van der Waals surface area contributed by atoms with E-state index in [1.807, 2.05) is 48.7 Å². The molecule has 0 saturated carbocycles. The first-order valence-corrected chi connectivity index (χ1v) is 12.4. The van der Waals surface area contributed by atoms with Gasteiger partial charge in [0.05, 0.1) is 0 Å². The predicted octanol–water partition coefficient (Wildman–Crippen LogP) is 6.03. The van der Waals surface area contributed by atoms with Crippen molar-refractivity contribution >= 4 is 5.82 Å². The number of phenols is 1. The van der Waals surface area contributed by atoms with Gasteiger partial charge >= 0.3 is 0 Å². The normalized spacial score (nSPS) is 22.0. The van der Waals surface area contributed by atoms with Gasteiger partial charge in [-0.15, -0.1) is 0 Å². The number of phenolic OH excluding ortho intramolecular Hbond substituents is 1. The molecular weight excluding hydrogens is 462 g/mol. The number of alkyl halides is 2. The third-order valence-electron chi connectivity index (χ3n) is 7.72. The highest BCUT2D eigenvalue weighted by atomic mass is 19.3. The molecule has 1 N–H and O–H groups in total. The van der Waals surface area contributed by atoms with Gasteiger partial charge in [-0.05, 0) is 47.7 Å². The fraction of sp³-hybridized carbons (Fsp3) is 0.414. The number of methoxy groups -OCH3 is 2. The van der Waals surface area contributed by atoms with Crippen LogP contribution in [0.1, 0.15) is 53.4 Å². The molecule has 2 aliphatic rings. The Hall–Kier alpha value is -3.03. The zero-order chi connectivity index (χ0) is 25.3. The summed E-state index contributed by atoms with van der Waals surface area (Å²) in [5, 5.41) is 9.96. The number of halogens is 2. The Morgan fingerprint density at radius 1 is 0.972 bits per heavy atom. The van der Waals surface area contributed by atoms with Crippen molar-refractivity contribution in [2.24, 2.45) is 5.92 Å². The Bertz CT molecular complexity index is 1160. The molecule has 1 aliphatic carbocycles. The Morgan fingerprint density at radius 2 is 1.69 bits per heavy atom. The van der Waals surface area contributed by atoms with Crippen LogP contribution in [0.5, 0.6) is 5.75 Å². The number of aromatic nitrogens is 1. The number of pyridine rings is 1. The number of aromatic hydroxyl groups is 1. The number of piperidine rings is 1. The lowest BCUT2D eigenvalue weighted by Crippen LogP contribution is -2.39. The largest absolute Gasteiger partial charge is 0.508 e. The van der Waals surface area contributed by atoms with Crippen LogP contribution >= 0.6 is 0 Å². The van der Waals surface area contributed by atoms with Crippen LogP contribution in [-0.4, -0.2) is 43.7 Å². The van der Waals surface area contributed by atoms with Crippen LogP contribution in [0.4, 0.5) is 14.6 Å². The summed E-state index contributed by atoms with van der Waals surface area (Å²) in [7, 11) is 3.34. The lowest BCUT2D eigenvalue weighted by molar-refractivity contribution is -0.141. The molecule has 5 rings (SSSR count). The minimum atomic E-state index is -3.04. The van der Waals surface area contributed by atoms with Gasteiger partial charge in [-0.2, -0.15) is 0 Å². The van der Waals surface area contributed by atoms with Gasteiger partial charge in [-0.1, -0.05) is 42.5 Å². The zero-order valence-electron chi connectivity index (χ0n) is 20.6. The molecule has 0 spiro atoms. The smallest absolute Gasteiger partial charge is 0.274 e. The summed E-state index contributed by atoms with van der Waals surface area (Å²) in [5.74, 6) is -2.66. The van der Waals surface area contributed by atoms with Crippen LogP contribution in [0.2, 0.25) is 0 Å². The highest BCUT2D eigenvalue weighted by Gasteiger charge is 2.47. The van der Waals surface area contributed by atoms with E-state index in [4.69, 9.17) is 14.5 Å². The fourth-order valence-corrected chi connectivity index (χ4v) is 5.93. The van der Waals surface area contributed by atoms with Crippen LogP contribution < -0.4 is 4.90 Å². The molecule has 2 aromatic carbocycles. The second kappa shape index (κ2) is 10.1. The van der Waals surface area contributed by atoms with E-state index in [1.54, 1.807) is 20.3 Å². The van der Waals surface area contributed by atoms with Gasteiger partial charge in [0.15, 0.2) is 6.29 Å². The first-order valence-electron chi connectivity index (χ1n) is 12.4. The summed E-state index contributed by atoms with van der Waals surface area (Å²) in [6, 6.07) is 17.9. The summed E-state index contributed by atoms with van der Waals surface area (Å²) in [6.45, 7) is 1.70. The molecule has 7 heteroatoms. The summed E-state index contributed by atoms with van der Waals surface area (Å²) in [4.78, 5) is 7.02. The molecule has 0 bridgehead atoms. The van der Waals surface area contributed by atoms with Gasteiger partial charge < -0.3 is 19.5 Å². The molecule has 0 radical (unpaired) electrons. The summed E-state index contributed by atoms with van der Waals surface area (Å²) in [6.07, 6.45) is 3.20. The zero-order valence-corrected chi connectivity index (χ0v) is 20.6. The first kappa shape index (κ1) is 24.7. The molecule has 3 aromatic rings. The summed E-state index contributed by atoms with van der Waals surface area (Å²) < 4.78 is 41.5. The minimum Gasteiger partial charge on any atom is -0.508 e. The molecule has 5 nitrogen and oxygen atoms in total. The number of fused-ring (bicyclic) bond motifs is 1. The van der Waals surface area contributed by atoms with E-state index in [2.05, 4.69) is 4.90 Å². The van der Waals surface area contributed by atoms with Gasteiger partial charge in [0.2, 0.25) is 0 Å². The Labute approximate surface area is 210 Å². The number of anilines is 1. The molecule has 2 atom stereocenters. The highest BCUT2D eigenvalue weighted by molar-refractivity contribution is 5.50. The van der Waals surface area contributed by atoms with E-state index in [0.717, 1.165) is 42.9 Å². The number of rotatable bonds is 6. The molecule has 190 valence electrons. The molecule has 0 unspecified atom stereocenters. The maximum absolute atomic E-state index is 15.3. The van der Waals surface area contributed by atoms with E-state index in [0.29, 0.717) is 11.5 Å². The molecule has 2 heterocycles. The second-order valence-corrected chi connectivity index (χ2v) is 9.79. The molecule has 1 saturated heterocycles. The summed E-state index contributed by atoms with van der Waals surface area (Å²) in [5.41, 5.74) is 2.21.